The van der Waals surface area contributed by atoms with Crippen LogP contribution in [0.2, 0.25) is 0 Å². The Morgan fingerprint density at radius 1 is 0.565 bits per heavy atom. The van der Waals surface area contributed by atoms with Gasteiger partial charge in [0.25, 0.3) is 0 Å². The van der Waals surface area contributed by atoms with E-state index in [1.54, 1.807) is 0 Å². The van der Waals surface area contributed by atoms with Gasteiger partial charge < -0.3 is 124 Å². The Kier molecular flexibility index (Phi) is 19.0. The molecule has 26 nitrogen and oxygen atoms in total. The Labute approximate surface area is 494 Å². The molecule has 5 aliphatic heterocycles. The Morgan fingerprint density at radius 2 is 1.14 bits per heavy atom. The van der Waals surface area contributed by atoms with Crippen molar-refractivity contribution in [2.75, 3.05) is 26.4 Å². The number of fused-ring (bicyclic) bond motifs is 7. The number of rotatable bonds is 13. The van der Waals surface area contributed by atoms with E-state index >= 15 is 4.79 Å². The molecule has 15 N–H and O–H groups in total. The van der Waals surface area contributed by atoms with Gasteiger partial charge in [-0.05, 0) is 117 Å². The fourth-order valence-electron chi connectivity index (χ4n) is 17.5. The van der Waals surface area contributed by atoms with Gasteiger partial charge in [0.15, 0.2) is 25.2 Å². The number of allylic oxidation sites excluding steroid dienone is 2. The van der Waals surface area contributed by atoms with Gasteiger partial charge in [0.1, 0.15) is 104 Å². The van der Waals surface area contributed by atoms with Crippen molar-refractivity contribution in [2.45, 2.75) is 273 Å². The largest absolute Gasteiger partial charge is 0.432 e. The van der Waals surface area contributed by atoms with Gasteiger partial charge >= 0.3 is 5.97 Å². The van der Waals surface area contributed by atoms with Crippen LogP contribution in [0.5, 0.6) is 0 Å². The lowest BCUT2D eigenvalue weighted by atomic mass is 9.33. The summed E-state index contributed by atoms with van der Waals surface area (Å²) in [5.74, 6) is -0.861. The summed E-state index contributed by atoms with van der Waals surface area (Å²) in [6.07, 6.45) is -29.6. The fourth-order valence-corrected chi connectivity index (χ4v) is 17.5. The zero-order chi connectivity index (χ0) is 62.0. The zero-order valence-corrected chi connectivity index (χ0v) is 49.8. The summed E-state index contributed by atoms with van der Waals surface area (Å²) in [6, 6.07) is 0. The Morgan fingerprint density at radius 3 is 1.76 bits per heavy atom. The number of esters is 1. The predicted molar refractivity (Wildman–Crippen MR) is 288 cm³/mol. The first-order valence-electron chi connectivity index (χ1n) is 30.6. The molecule has 33 atom stereocenters. The average molecular weight is 1220 g/mol. The van der Waals surface area contributed by atoms with E-state index in [9.17, 15) is 76.6 Å². The third-order valence-corrected chi connectivity index (χ3v) is 23.2. The van der Waals surface area contributed by atoms with Crippen LogP contribution in [0, 0.1) is 50.2 Å². The van der Waals surface area contributed by atoms with Crippen molar-refractivity contribution in [3.63, 3.8) is 0 Å². The third kappa shape index (κ3) is 11.1. The van der Waals surface area contributed by atoms with Gasteiger partial charge in [-0.1, -0.05) is 53.2 Å². The number of carbonyl (C=O) groups is 1. The van der Waals surface area contributed by atoms with Crippen LogP contribution in [0.15, 0.2) is 11.6 Å². The van der Waals surface area contributed by atoms with Crippen LogP contribution in [0.1, 0.15) is 120 Å². The highest BCUT2D eigenvalue weighted by molar-refractivity contribution is 5.79. The molecule has 488 valence electrons. The summed E-state index contributed by atoms with van der Waals surface area (Å²) < 4.78 is 59.4. The Balaban J connectivity index is 0.833. The van der Waals surface area contributed by atoms with Crippen LogP contribution >= 0.6 is 0 Å². The smallest absolute Gasteiger partial charge is 0.315 e. The SMILES string of the molecule is CC1OC(OC2C(CO)OC(OCC3OC(OC(=O)[C@]45CCC(C)(C)CC4C4=CCC6[C@@]7(C)CC[C@H](OC8OCC(O)C(O)C8OC8OC(C)C(O)C(O)C8O)[C@@](C)(CO)C7CC[C@@]6(C)[C@]4(C)CC5)C(O)C(O)C3O)C(O)C2O)C(O)C(O)C1O. The first kappa shape index (κ1) is 66.2. The Bertz CT molecular complexity index is 2370. The van der Waals surface area contributed by atoms with E-state index in [1.807, 2.05) is 6.92 Å². The quantitative estimate of drug-likeness (QED) is 0.0513. The van der Waals surface area contributed by atoms with Crippen molar-refractivity contribution in [3.05, 3.63) is 11.6 Å². The van der Waals surface area contributed by atoms with E-state index in [2.05, 4.69) is 40.7 Å². The summed E-state index contributed by atoms with van der Waals surface area (Å²) >= 11 is 0. The lowest BCUT2D eigenvalue weighted by molar-refractivity contribution is -0.365. The molecule has 26 heteroatoms. The van der Waals surface area contributed by atoms with Crippen molar-refractivity contribution in [3.8, 4) is 0 Å². The number of ether oxygens (including phenoxy) is 10. The Hall–Kier alpha value is -1.75. The summed E-state index contributed by atoms with van der Waals surface area (Å²) in [4.78, 5) is 15.2. The van der Waals surface area contributed by atoms with E-state index in [0.29, 0.717) is 51.4 Å². The molecule has 0 amide bonds. The van der Waals surface area contributed by atoms with E-state index in [0.717, 1.165) is 12.8 Å². The summed E-state index contributed by atoms with van der Waals surface area (Å²) in [5.41, 5.74) is -1.93. The molecule has 10 rings (SSSR count). The highest BCUT2D eigenvalue weighted by atomic mass is 16.8. The lowest BCUT2D eigenvalue weighted by Gasteiger charge is -2.71. The molecule has 0 aromatic heterocycles. The minimum absolute atomic E-state index is 0.0670. The standard InChI is InChI=1S/C59H96O26/c1-24-34(63)38(67)42(71)49(78-24)83-46-29(20-60)80-48(45(74)41(46)70)77-22-30-37(66)40(69)44(73)51(81-30)85-53(75)59-17-15-54(3,4)19-27(59)26-9-10-32-55(5)13-12-33(56(6,23-61)31(55)11-14-58(32,8)57(26,7)16-18-59)82-52-47(36(65)28(62)21-76-52)84-50-43(72)39(68)35(64)25(2)79-50/h9,24-25,27-52,60-74H,10-23H2,1-8H3/t24?,25?,27?,28?,29?,30?,31?,32?,33-,34?,35?,36?,37?,38?,39?,40?,41?,42?,43?,44?,45?,46?,47?,48?,49?,50?,51?,52?,55-,56-,57+,58+,59-/m0/s1. The molecule has 0 aromatic rings. The number of hydrogen-bond acceptors (Lipinski definition) is 26. The molecule has 0 spiro atoms. The van der Waals surface area contributed by atoms with Crippen LogP contribution < -0.4 is 0 Å². The fraction of sp³-hybridized carbons (Fsp3) is 0.949. The minimum Gasteiger partial charge on any atom is -0.432 e. The number of hydrogen-bond donors (Lipinski definition) is 15. The van der Waals surface area contributed by atoms with Gasteiger partial charge in [0, 0.05) is 5.41 Å². The van der Waals surface area contributed by atoms with Gasteiger partial charge in [-0.2, -0.15) is 0 Å². The normalized spacial score (nSPS) is 55.3. The highest BCUT2D eigenvalue weighted by Gasteiger charge is 2.71. The maximum absolute atomic E-state index is 15.2. The lowest BCUT2D eigenvalue weighted by Crippen LogP contribution is -2.67. The van der Waals surface area contributed by atoms with E-state index in [4.69, 9.17) is 47.4 Å². The third-order valence-electron chi connectivity index (χ3n) is 23.2. The van der Waals surface area contributed by atoms with Gasteiger partial charge in [-0.3, -0.25) is 4.79 Å². The molecule has 4 saturated carbocycles. The molecule has 0 bridgehead atoms. The highest BCUT2D eigenvalue weighted by Crippen LogP contribution is 2.76. The topological polar surface area (TPSA) is 413 Å². The van der Waals surface area contributed by atoms with Crippen LogP contribution in [0.4, 0.5) is 0 Å². The van der Waals surface area contributed by atoms with Gasteiger partial charge in [-0.15, -0.1) is 0 Å². The molecule has 5 heterocycles. The first-order valence-corrected chi connectivity index (χ1v) is 30.6. The van der Waals surface area contributed by atoms with Crippen molar-refractivity contribution in [1.82, 2.24) is 0 Å². The molecule has 5 saturated heterocycles. The van der Waals surface area contributed by atoms with Gasteiger partial charge in [0.2, 0.25) is 6.29 Å². The number of aliphatic hydroxyl groups excluding tert-OH is 15. The van der Waals surface area contributed by atoms with Crippen LogP contribution in [-0.2, 0) is 52.2 Å². The van der Waals surface area contributed by atoms with Gasteiger partial charge in [0.05, 0.1) is 50.2 Å². The predicted octanol–water partition coefficient (Wildman–Crippen LogP) is -2.54. The second kappa shape index (κ2) is 24.4. The number of carbonyl (C=O) groups excluding carboxylic acids is 1. The van der Waals surface area contributed by atoms with Crippen molar-refractivity contribution in [2.24, 2.45) is 50.2 Å². The molecular formula is C59H96O26. The van der Waals surface area contributed by atoms with Crippen molar-refractivity contribution in [1.29, 1.82) is 0 Å². The molecule has 9 fully saturated rings. The summed E-state index contributed by atoms with van der Waals surface area (Å²) in [7, 11) is 0. The molecule has 27 unspecified atom stereocenters. The maximum atomic E-state index is 15.2. The van der Waals surface area contributed by atoms with Crippen LogP contribution in [0.3, 0.4) is 0 Å². The van der Waals surface area contributed by atoms with Crippen LogP contribution in [0.25, 0.3) is 0 Å². The van der Waals surface area contributed by atoms with E-state index in [-0.39, 0.29) is 47.2 Å². The maximum Gasteiger partial charge on any atom is 0.315 e. The van der Waals surface area contributed by atoms with Crippen molar-refractivity contribution < 1.29 is 129 Å². The molecule has 85 heavy (non-hydrogen) atoms. The second-order valence-corrected chi connectivity index (χ2v) is 28.5. The average Bonchev–Trinajstić information content (AvgIpc) is 0.688. The minimum atomic E-state index is -1.90. The first-order chi connectivity index (χ1) is 39.8. The van der Waals surface area contributed by atoms with E-state index < -0.39 is 189 Å². The second-order valence-electron chi connectivity index (χ2n) is 28.5. The molecule has 0 aromatic carbocycles. The monoisotopic (exact) mass is 1220 g/mol. The molecule has 0 radical (unpaired) electrons. The molecule has 10 aliphatic rings. The number of aliphatic hydroxyl groups is 15. The van der Waals surface area contributed by atoms with E-state index in [1.165, 1.54) is 19.4 Å². The van der Waals surface area contributed by atoms with Gasteiger partial charge in [-0.25, -0.2) is 0 Å². The summed E-state index contributed by atoms with van der Waals surface area (Å²) in [5, 5.41) is 163. The van der Waals surface area contributed by atoms with Crippen LogP contribution in [-0.4, -0.2) is 263 Å². The molecule has 5 aliphatic carbocycles. The zero-order valence-electron chi connectivity index (χ0n) is 49.8. The molecular weight excluding hydrogens is 1120 g/mol. The summed E-state index contributed by atoms with van der Waals surface area (Å²) in [6.45, 7) is 14.3. The van der Waals surface area contributed by atoms with Crippen molar-refractivity contribution >= 4 is 5.97 Å².